The second-order valence-corrected chi connectivity index (χ2v) is 6.50. The molecule has 0 saturated heterocycles. The molecule has 0 fully saturated rings. The number of hydrogen-bond acceptors (Lipinski definition) is 5. The Morgan fingerprint density at radius 1 is 1.26 bits per heavy atom. The number of carbonyl (C=O) groups excluding carboxylic acids is 1. The van der Waals surface area contributed by atoms with Crippen molar-refractivity contribution in [1.29, 1.82) is 0 Å². The van der Waals surface area contributed by atoms with E-state index in [0.717, 1.165) is 5.56 Å². The Balaban J connectivity index is 2.43. The maximum absolute atomic E-state index is 12.1. The van der Waals surface area contributed by atoms with Gasteiger partial charge >= 0.3 is 5.97 Å². The van der Waals surface area contributed by atoms with E-state index in [9.17, 15) is 4.79 Å². The lowest BCUT2D eigenvalue weighted by Crippen LogP contribution is -2.10. The van der Waals surface area contributed by atoms with Crippen molar-refractivity contribution in [3.05, 3.63) is 57.1 Å². The molecular formula is C17H17ClN2O2S. The van der Waals surface area contributed by atoms with Crippen LogP contribution in [0.2, 0.25) is 4.47 Å². The molecule has 1 aromatic carbocycles. The van der Waals surface area contributed by atoms with Crippen LogP contribution in [0.25, 0.3) is 17.7 Å². The van der Waals surface area contributed by atoms with Gasteiger partial charge < -0.3 is 9.64 Å². The Morgan fingerprint density at radius 2 is 1.96 bits per heavy atom. The minimum atomic E-state index is -0.423. The minimum absolute atomic E-state index is 0.376. The normalized spacial score (nSPS) is 11.7. The van der Waals surface area contributed by atoms with Gasteiger partial charge in [-0.2, -0.15) is 0 Å². The van der Waals surface area contributed by atoms with Gasteiger partial charge in [0.25, 0.3) is 0 Å². The molecule has 0 saturated carbocycles. The fourth-order valence-corrected chi connectivity index (χ4v) is 3.02. The number of benzene rings is 1. The fraction of sp³-hybridized carbons (Fsp3) is 0.176. The molecular weight excluding hydrogens is 332 g/mol. The van der Waals surface area contributed by atoms with E-state index in [0.29, 0.717) is 20.6 Å². The number of hydrogen-bond donors (Lipinski definition) is 0. The summed E-state index contributed by atoms with van der Waals surface area (Å²) in [6, 6.07) is 9.85. The summed E-state index contributed by atoms with van der Waals surface area (Å²) in [6.07, 6.45) is 5.48. The number of rotatable bonds is 5. The lowest BCUT2D eigenvalue weighted by Gasteiger charge is -2.09. The highest BCUT2D eigenvalue weighted by Gasteiger charge is 2.20. The van der Waals surface area contributed by atoms with Crippen LogP contribution in [0, 0.1) is 0 Å². The fourth-order valence-electron chi connectivity index (χ4n) is 1.92. The SMILES string of the molecule is COC(=O)C(=CN(C)C)c1sc(Cl)nc1/C=C/c1ccccc1. The number of carbonyl (C=O) groups is 1. The zero-order chi connectivity index (χ0) is 16.8. The zero-order valence-corrected chi connectivity index (χ0v) is 14.7. The van der Waals surface area contributed by atoms with Gasteiger partial charge in [-0.15, -0.1) is 11.3 Å². The van der Waals surface area contributed by atoms with E-state index in [1.807, 2.05) is 56.6 Å². The number of esters is 1. The molecule has 1 heterocycles. The molecule has 0 amide bonds. The van der Waals surface area contributed by atoms with Crippen LogP contribution in [0.3, 0.4) is 0 Å². The van der Waals surface area contributed by atoms with Crippen LogP contribution < -0.4 is 0 Å². The standard InChI is InChI=1S/C17H17ClN2O2S/c1-20(2)11-13(16(21)22-3)15-14(19-17(18)23-15)10-9-12-7-5-4-6-8-12/h4-11H,1-3H3/b10-9+,13-11?. The maximum atomic E-state index is 12.1. The molecule has 1 aromatic heterocycles. The van der Waals surface area contributed by atoms with E-state index in [2.05, 4.69) is 4.98 Å². The van der Waals surface area contributed by atoms with Crippen molar-refractivity contribution < 1.29 is 9.53 Å². The monoisotopic (exact) mass is 348 g/mol. The molecule has 23 heavy (non-hydrogen) atoms. The summed E-state index contributed by atoms with van der Waals surface area (Å²) in [5.41, 5.74) is 2.11. The summed E-state index contributed by atoms with van der Waals surface area (Å²) in [6.45, 7) is 0. The van der Waals surface area contributed by atoms with Gasteiger partial charge in [0.2, 0.25) is 0 Å². The van der Waals surface area contributed by atoms with Crippen molar-refractivity contribution in [2.45, 2.75) is 0 Å². The van der Waals surface area contributed by atoms with Gasteiger partial charge in [0.05, 0.1) is 23.3 Å². The first kappa shape index (κ1) is 17.2. The first-order valence-electron chi connectivity index (χ1n) is 6.87. The Kier molecular flexibility index (Phi) is 5.96. The van der Waals surface area contributed by atoms with E-state index in [-0.39, 0.29) is 0 Å². The Labute approximate surface area is 144 Å². The van der Waals surface area contributed by atoms with E-state index in [1.165, 1.54) is 18.4 Å². The van der Waals surface area contributed by atoms with Gasteiger partial charge in [-0.1, -0.05) is 48.0 Å². The van der Waals surface area contributed by atoms with Gasteiger partial charge in [-0.3, -0.25) is 0 Å². The number of ether oxygens (including phenoxy) is 1. The van der Waals surface area contributed by atoms with Crippen LogP contribution in [-0.2, 0) is 9.53 Å². The predicted octanol–water partition coefficient (Wildman–Crippen LogP) is 4.04. The molecule has 0 spiro atoms. The van der Waals surface area contributed by atoms with Crippen LogP contribution in [0.4, 0.5) is 0 Å². The van der Waals surface area contributed by atoms with Crippen LogP contribution >= 0.6 is 22.9 Å². The lowest BCUT2D eigenvalue weighted by molar-refractivity contribution is -0.133. The molecule has 120 valence electrons. The number of nitrogens with zero attached hydrogens (tertiary/aromatic N) is 2. The molecule has 4 nitrogen and oxygen atoms in total. The number of thiazole rings is 1. The van der Waals surface area contributed by atoms with E-state index < -0.39 is 5.97 Å². The second kappa shape index (κ2) is 7.94. The lowest BCUT2D eigenvalue weighted by atomic mass is 10.1. The zero-order valence-electron chi connectivity index (χ0n) is 13.1. The highest BCUT2D eigenvalue weighted by atomic mass is 35.5. The van der Waals surface area contributed by atoms with E-state index >= 15 is 0 Å². The van der Waals surface area contributed by atoms with Crippen molar-refractivity contribution in [3.63, 3.8) is 0 Å². The van der Waals surface area contributed by atoms with E-state index in [1.54, 1.807) is 11.1 Å². The highest BCUT2D eigenvalue weighted by Crippen LogP contribution is 2.31. The number of halogens is 1. The van der Waals surface area contributed by atoms with E-state index in [4.69, 9.17) is 16.3 Å². The first-order chi connectivity index (χ1) is 11.0. The second-order valence-electron chi connectivity index (χ2n) is 4.92. The molecule has 2 rings (SSSR count). The third-order valence-electron chi connectivity index (χ3n) is 2.90. The third-order valence-corrected chi connectivity index (χ3v) is 4.11. The van der Waals surface area contributed by atoms with Gasteiger partial charge in [0.15, 0.2) is 4.47 Å². The smallest absolute Gasteiger partial charge is 0.340 e. The molecule has 0 aliphatic rings. The summed E-state index contributed by atoms with van der Waals surface area (Å²) in [7, 11) is 5.03. The van der Waals surface area contributed by atoms with Crippen LogP contribution in [0.15, 0.2) is 36.5 Å². The molecule has 2 aromatic rings. The molecule has 0 aliphatic carbocycles. The van der Waals surface area contributed by atoms with Crippen LogP contribution in [0.5, 0.6) is 0 Å². The Morgan fingerprint density at radius 3 is 2.57 bits per heavy atom. The molecule has 0 aliphatic heterocycles. The largest absolute Gasteiger partial charge is 0.465 e. The van der Waals surface area contributed by atoms with Crippen LogP contribution in [0.1, 0.15) is 16.1 Å². The molecule has 0 atom stereocenters. The third kappa shape index (κ3) is 4.68. The summed E-state index contributed by atoms with van der Waals surface area (Å²) in [5.74, 6) is -0.423. The van der Waals surface area contributed by atoms with Gasteiger partial charge in [-0.05, 0) is 11.6 Å². The van der Waals surface area contributed by atoms with Crippen molar-refractivity contribution in [3.8, 4) is 0 Å². The number of methoxy groups -OCH3 is 1. The molecule has 0 radical (unpaired) electrons. The summed E-state index contributed by atoms with van der Waals surface area (Å²) in [4.78, 5) is 18.8. The average molecular weight is 349 g/mol. The van der Waals surface area contributed by atoms with Gasteiger partial charge in [0, 0.05) is 20.3 Å². The minimum Gasteiger partial charge on any atom is -0.465 e. The van der Waals surface area contributed by atoms with Crippen molar-refractivity contribution in [2.75, 3.05) is 21.2 Å². The quantitative estimate of drug-likeness (QED) is 0.604. The van der Waals surface area contributed by atoms with Crippen molar-refractivity contribution in [2.24, 2.45) is 0 Å². The molecule has 0 N–H and O–H groups in total. The molecule has 6 heteroatoms. The van der Waals surface area contributed by atoms with Crippen LogP contribution in [-0.4, -0.2) is 37.1 Å². The summed E-state index contributed by atoms with van der Waals surface area (Å²) < 4.78 is 5.25. The Hall–Kier alpha value is -2.11. The van der Waals surface area contributed by atoms with Gasteiger partial charge in [0.1, 0.15) is 0 Å². The van der Waals surface area contributed by atoms with Crippen molar-refractivity contribution >= 4 is 46.6 Å². The molecule has 0 unspecified atom stereocenters. The predicted molar refractivity (Wildman–Crippen MR) is 96.2 cm³/mol. The molecule has 0 bridgehead atoms. The maximum Gasteiger partial charge on any atom is 0.340 e. The van der Waals surface area contributed by atoms with Crippen molar-refractivity contribution in [1.82, 2.24) is 9.88 Å². The topological polar surface area (TPSA) is 42.4 Å². The first-order valence-corrected chi connectivity index (χ1v) is 8.07. The Bertz CT molecular complexity index is 736. The summed E-state index contributed by atoms with van der Waals surface area (Å²) in [5, 5.41) is 0. The average Bonchev–Trinajstić information content (AvgIpc) is 2.91. The summed E-state index contributed by atoms with van der Waals surface area (Å²) >= 11 is 7.31. The number of aromatic nitrogens is 1. The van der Waals surface area contributed by atoms with Gasteiger partial charge in [-0.25, -0.2) is 9.78 Å². The highest BCUT2D eigenvalue weighted by molar-refractivity contribution is 7.17.